The van der Waals surface area contributed by atoms with Crippen LogP contribution in [0.5, 0.6) is 0 Å². The van der Waals surface area contributed by atoms with Crippen LogP contribution >= 0.6 is 0 Å². The molecule has 1 aromatic heterocycles. The van der Waals surface area contributed by atoms with E-state index in [-0.39, 0.29) is 11.8 Å². The zero-order chi connectivity index (χ0) is 21.2. The third kappa shape index (κ3) is 3.91. The first-order valence-electron chi connectivity index (χ1n) is 10.7. The lowest BCUT2D eigenvalue weighted by molar-refractivity contribution is 0.0655. The maximum atomic E-state index is 12.8. The van der Waals surface area contributed by atoms with Crippen LogP contribution in [0.15, 0.2) is 77.2 Å². The fourth-order valence-corrected chi connectivity index (χ4v) is 4.34. The molecular formula is C26H24N2O3. The van der Waals surface area contributed by atoms with Crippen molar-refractivity contribution in [3.8, 4) is 0 Å². The number of para-hydroxylation sites is 1. The summed E-state index contributed by atoms with van der Waals surface area (Å²) in [5, 5.41) is 6.06. The summed E-state index contributed by atoms with van der Waals surface area (Å²) in [5.41, 5.74) is 1.44. The van der Waals surface area contributed by atoms with Crippen LogP contribution in [0.25, 0.3) is 21.7 Å². The van der Waals surface area contributed by atoms with Crippen LogP contribution in [-0.4, -0.2) is 36.3 Å². The second-order valence-corrected chi connectivity index (χ2v) is 8.12. The molecule has 0 unspecified atom stereocenters. The van der Waals surface area contributed by atoms with Crippen LogP contribution in [0.1, 0.15) is 33.8 Å². The average molecular weight is 412 g/mol. The molecule has 156 valence electrons. The van der Waals surface area contributed by atoms with Gasteiger partial charge in [0.25, 0.3) is 11.8 Å². The van der Waals surface area contributed by atoms with E-state index in [2.05, 4.69) is 5.32 Å². The minimum atomic E-state index is -0.0607. The van der Waals surface area contributed by atoms with E-state index in [1.54, 1.807) is 0 Å². The summed E-state index contributed by atoms with van der Waals surface area (Å²) >= 11 is 0. The highest BCUT2D eigenvalue weighted by Crippen LogP contribution is 2.23. The van der Waals surface area contributed by atoms with E-state index >= 15 is 0 Å². The average Bonchev–Trinajstić information content (AvgIpc) is 3.26. The normalized spacial score (nSPS) is 14.8. The van der Waals surface area contributed by atoms with Gasteiger partial charge in [0.15, 0.2) is 5.76 Å². The number of piperidine rings is 1. The molecule has 1 N–H and O–H groups in total. The van der Waals surface area contributed by atoms with Crippen molar-refractivity contribution < 1.29 is 14.0 Å². The molecule has 0 aliphatic carbocycles. The summed E-state index contributed by atoms with van der Waals surface area (Å²) < 4.78 is 5.72. The number of benzene rings is 3. The van der Waals surface area contributed by atoms with Gasteiger partial charge in [-0.15, -0.1) is 0 Å². The summed E-state index contributed by atoms with van der Waals surface area (Å²) in [6.07, 6.45) is 1.73. The number of fused-ring (bicyclic) bond motifs is 2. The van der Waals surface area contributed by atoms with Gasteiger partial charge in [0, 0.05) is 30.6 Å². The van der Waals surface area contributed by atoms with Crippen LogP contribution < -0.4 is 5.32 Å². The molecule has 5 nitrogen and oxygen atoms in total. The van der Waals surface area contributed by atoms with Crippen molar-refractivity contribution >= 4 is 33.6 Å². The molecule has 1 fully saturated rings. The zero-order valence-corrected chi connectivity index (χ0v) is 17.2. The number of rotatable bonds is 4. The van der Waals surface area contributed by atoms with Crippen LogP contribution in [0.3, 0.4) is 0 Å². The predicted molar refractivity (Wildman–Crippen MR) is 121 cm³/mol. The fourth-order valence-electron chi connectivity index (χ4n) is 4.34. The second-order valence-electron chi connectivity index (χ2n) is 8.12. The number of furan rings is 1. The SMILES string of the molecule is O=C(NCC1CCN(C(=O)c2cc3ccccc3o2)CC1)c1cccc2ccccc12. The van der Waals surface area contributed by atoms with E-state index < -0.39 is 0 Å². The molecule has 0 spiro atoms. The quantitative estimate of drug-likeness (QED) is 0.520. The van der Waals surface area contributed by atoms with E-state index in [9.17, 15) is 9.59 Å². The fraction of sp³-hybridized carbons (Fsp3) is 0.231. The summed E-state index contributed by atoms with van der Waals surface area (Å²) in [5.74, 6) is 0.648. The smallest absolute Gasteiger partial charge is 0.289 e. The van der Waals surface area contributed by atoms with Gasteiger partial charge in [-0.2, -0.15) is 0 Å². The Bertz CT molecular complexity index is 1210. The van der Waals surface area contributed by atoms with Crippen LogP contribution in [-0.2, 0) is 0 Å². The molecule has 2 heterocycles. The van der Waals surface area contributed by atoms with Crippen molar-refractivity contribution in [1.82, 2.24) is 10.2 Å². The molecule has 1 saturated heterocycles. The van der Waals surface area contributed by atoms with Crippen molar-refractivity contribution in [2.45, 2.75) is 12.8 Å². The first kappa shape index (κ1) is 19.4. The summed E-state index contributed by atoms with van der Waals surface area (Å²) in [7, 11) is 0. The van der Waals surface area contributed by atoms with Gasteiger partial charge in [-0.25, -0.2) is 0 Å². The third-order valence-electron chi connectivity index (χ3n) is 6.12. The Morgan fingerprint density at radius 1 is 0.903 bits per heavy atom. The standard InChI is InChI=1S/C26H24N2O3/c29-25(22-10-5-8-19-6-1-3-9-21(19)22)27-17-18-12-14-28(15-13-18)26(30)24-16-20-7-2-4-11-23(20)31-24/h1-11,16,18H,12-15,17H2,(H,27,29). The summed E-state index contributed by atoms with van der Waals surface area (Å²) in [6.45, 7) is 1.96. The molecule has 0 bridgehead atoms. The van der Waals surface area contributed by atoms with Crippen LogP contribution in [0.2, 0.25) is 0 Å². The Morgan fingerprint density at radius 2 is 1.61 bits per heavy atom. The van der Waals surface area contributed by atoms with Gasteiger partial charge >= 0.3 is 0 Å². The van der Waals surface area contributed by atoms with Gasteiger partial charge in [-0.05, 0) is 47.7 Å². The predicted octanol–water partition coefficient (Wildman–Crippen LogP) is 4.87. The Balaban J connectivity index is 1.17. The molecule has 0 radical (unpaired) electrons. The molecule has 4 aromatic rings. The maximum Gasteiger partial charge on any atom is 0.289 e. The number of nitrogens with one attached hydrogen (secondary N) is 1. The lowest BCUT2D eigenvalue weighted by atomic mass is 9.96. The number of amides is 2. The molecule has 2 amide bonds. The summed E-state index contributed by atoms with van der Waals surface area (Å²) in [4.78, 5) is 27.4. The van der Waals surface area contributed by atoms with E-state index in [1.807, 2.05) is 77.7 Å². The number of carbonyl (C=O) groups excluding carboxylic acids is 2. The maximum absolute atomic E-state index is 12.8. The minimum absolute atomic E-state index is 0.0439. The lowest BCUT2D eigenvalue weighted by Crippen LogP contribution is -2.41. The molecule has 3 aromatic carbocycles. The molecule has 0 saturated carbocycles. The number of hydrogen-bond acceptors (Lipinski definition) is 3. The van der Waals surface area contributed by atoms with Crippen molar-refractivity contribution in [2.75, 3.05) is 19.6 Å². The Labute approximate surface area is 180 Å². The molecule has 5 heteroatoms. The highest BCUT2D eigenvalue weighted by Gasteiger charge is 2.26. The van der Waals surface area contributed by atoms with E-state index in [4.69, 9.17) is 4.42 Å². The number of likely N-dealkylation sites (tertiary alicyclic amines) is 1. The first-order valence-corrected chi connectivity index (χ1v) is 10.7. The van der Waals surface area contributed by atoms with Crippen molar-refractivity contribution in [3.63, 3.8) is 0 Å². The monoisotopic (exact) mass is 412 g/mol. The van der Waals surface area contributed by atoms with E-state index in [0.29, 0.717) is 36.9 Å². The molecule has 1 aliphatic rings. The van der Waals surface area contributed by atoms with E-state index in [1.165, 1.54) is 0 Å². The van der Waals surface area contributed by atoms with Gasteiger partial charge in [0.05, 0.1) is 0 Å². The van der Waals surface area contributed by atoms with Gasteiger partial charge in [-0.1, -0.05) is 54.6 Å². The van der Waals surface area contributed by atoms with Crippen LogP contribution in [0, 0.1) is 5.92 Å². The van der Waals surface area contributed by atoms with Gasteiger partial charge in [0.1, 0.15) is 5.58 Å². The summed E-state index contributed by atoms with van der Waals surface area (Å²) in [6, 6.07) is 23.2. The number of carbonyl (C=O) groups is 2. The third-order valence-corrected chi connectivity index (χ3v) is 6.12. The van der Waals surface area contributed by atoms with Gasteiger partial charge < -0.3 is 14.6 Å². The zero-order valence-electron chi connectivity index (χ0n) is 17.2. The van der Waals surface area contributed by atoms with Gasteiger partial charge in [-0.3, -0.25) is 9.59 Å². The molecule has 31 heavy (non-hydrogen) atoms. The highest BCUT2D eigenvalue weighted by molar-refractivity contribution is 6.07. The number of hydrogen-bond donors (Lipinski definition) is 1. The van der Waals surface area contributed by atoms with E-state index in [0.717, 1.165) is 34.6 Å². The Kier molecular flexibility index (Phi) is 5.16. The highest BCUT2D eigenvalue weighted by atomic mass is 16.3. The second kappa shape index (κ2) is 8.26. The van der Waals surface area contributed by atoms with Crippen molar-refractivity contribution in [1.29, 1.82) is 0 Å². The minimum Gasteiger partial charge on any atom is -0.451 e. The van der Waals surface area contributed by atoms with Crippen LogP contribution in [0.4, 0.5) is 0 Å². The van der Waals surface area contributed by atoms with Gasteiger partial charge in [0.2, 0.25) is 0 Å². The molecule has 1 aliphatic heterocycles. The van der Waals surface area contributed by atoms with Crippen molar-refractivity contribution in [3.05, 3.63) is 84.1 Å². The molecule has 0 atom stereocenters. The molecule has 5 rings (SSSR count). The number of nitrogens with zero attached hydrogens (tertiary/aromatic N) is 1. The Hall–Kier alpha value is -3.60. The lowest BCUT2D eigenvalue weighted by Gasteiger charge is -2.31. The molecular weight excluding hydrogens is 388 g/mol. The van der Waals surface area contributed by atoms with Crippen molar-refractivity contribution in [2.24, 2.45) is 5.92 Å². The Morgan fingerprint density at radius 3 is 2.42 bits per heavy atom. The topological polar surface area (TPSA) is 62.6 Å². The largest absolute Gasteiger partial charge is 0.451 e. The first-order chi connectivity index (χ1) is 15.2.